The molecule has 14 heavy (non-hydrogen) atoms. The summed E-state index contributed by atoms with van der Waals surface area (Å²) in [5, 5.41) is 9.73. The van der Waals surface area contributed by atoms with Crippen molar-refractivity contribution in [1.82, 2.24) is 15.5 Å². The van der Waals surface area contributed by atoms with Gasteiger partial charge in [-0.05, 0) is 13.0 Å². The molecule has 1 aromatic heterocycles. The highest BCUT2D eigenvalue weighted by Crippen LogP contribution is 2.06. The van der Waals surface area contributed by atoms with Crippen LogP contribution in [-0.4, -0.2) is 37.2 Å². The maximum atomic E-state index is 10.8. The van der Waals surface area contributed by atoms with E-state index < -0.39 is 9.84 Å². The van der Waals surface area contributed by atoms with Crippen LogP contribution in [0.2, 0.25) is 0 Å². The number of rotatable bonds is 5. The number of H-pyrrole nitrogens is 1. The molecular weight excluding hydrogens is 202 g/mol. The van der Waals surface area contributed by atoms with Crippen molar-refractivity contribution < 1.29 is 8.42 Å². The third kappa shape index (κ3) is 3.89. The number of nitrogens with zero attached hydrogens (tertiary/aromatic N) is 1. The summed E-state index contributed by atoms with van der Waals surface area (Å²) in [5.74, 6) is 0.158. The minimum atomic E-state index is -2.88. The van der Waals surface area contributed by atoms with Gasteiger partial charge in [0.1, 0.15) is 9.84 Å². The number of hydrogen-bond donors (Lipinski definition) is 2. The summed E-state index contributed by atoms with van der Waals surface area (Å²) < 4.78 is 21.7. The Balaban J connectivity index is 2.33. The van der Waals surface area contributed by atoms with Crippen LogP contribution in [0.15, 0.2) is 12.3 Å². The molecular formula is C8H15N3O2S. The molecule has 80 valence electrons. The minimum Gasteiger partial charge on any atom is -0.308 e. The molecule has 1 aromatic rings. The highest BCUT2D eigenvalue weighted by molar-refractivity contribution is 7.90. The van der Waals surface area contributed by atoms with Gasteiger partial charge in [-0.25, -0.2) is 8.42 Å². The fourth-order valence-corrected chi connectivity index (χ4v) is 1.57. The Hall–Kier alpha value is -0.880. The first-order valence-electron chi connectivity index (χ1n) is 4.39. The van der Waals surface area contributed by atoms with E-state index >= 15 is 0 Å². The number of aromatic nitrogens is 2. The Morgan fingerprint density at radius 3 is 2.86 bits per heavy atom. The van der Waals surface area contributed by atoms with Crippen molar-refractivity contribution >= 4 is 9.84 Å². The van der Waals surface area contributed by atoms with E-state index in [-0.39, 0.29) is 11.8 Å². The van der Waals surface area contributed by atoms with E-state index in [4.69, 9.17) is 0 Å². The van der Waals surface area contributed by atoms with E-state index in [2.05, 4.69) is 15.5 Å². The van der Waals surface area contributed by atoms with Crippen molar-refractivity contribution in [2.24, 2.45) is 0 Å². The van der Waals surface area contributed by atoms with Gasteiger partial charge >= 0.3 is 0 Å². The molecule has 6 heteroatoms. The molecule has 0 amide bonds. The van der Waals surface area contributed by atoms with Crippen molar-refractivity contribution in [2.75, 3.05) is 18.6 Å². The standard InChI is InChI=1S/C8H15N3O2S/c1-7(8-3-4-10-11-8)9-5-6-14(2,12)13/h3-4,7,9H,5-6H2,1-2H3,(H,10,11). The molecule has 1 rings (SSSR count). The Labute approximate surface area is 83.8 Å². The van der Waals surface area contributed by atoms with E-state index in [9.17, 15) is 8.42 Å². The van der Waals surface area contributed by atoms with Crippen LogP contribution in [0.1, 0.15) is 18.7 Å². The molecule has 0 radical (unpaired) electrons. The predicted octanol–water partition coefficient (Wildman–Crippen LogP) is 0.105. The summed E-state index contributed by atoms with van der Waals surface area (Å²) in [6, 6.07) is 1.96. The number of nitrogens with one attached hydrogen (secondary N) is 2. The zero-order valence-electron chi connectivity index (χ0n) is 8.32. The van der Waals surface area contributed by atoms with E-state index in [0.717, 1.165) is 5.69 Å². The SMILES string of the molecule is CC(NCCS(C)(=O)=O)c1ccn[nH]1. The molecule has 1 unspecified atom stereocenters. The topological polar surface area (TPSA) is 74.8 Å². The lowest BCUT2D eigenvalue weighted by atomic mass is 10.2. The number of sulfone groups is 1. The van der Waals surface area contributed by atoms with Crippen molar-refractivity contribution in [3.63, 3.8) is 0 Å². The molecule has 2 N–H and O–H groups in total. The fraction of sp³-hybridized carbons (Fsp3) is 0.625. The number of hydrogen-bond acceptors (Lipinski definition) is 4. The molecule has 5 nitrogen and oxygen atoms in total. The minimum absolute atomic E-state index is 0.0965. The van der Waals surface area contributed by atoms with Crippen LogP contribution in [0.5, 0.6) is 0 Å². The predicted molar refractivity (Wildman–Crippen MR) is 54.7 cm³/mol. The smallest absolute Gasteiger partial charge is 0.148 e. The van der Waals surface area contributed by atoms with Gasteiger partial charge in [0.15, 0.2) is 0 Å². The van der Waals surface area contributed by atoms with Crippen molar-refractivity contribution in [3.05, 3.63) is 18.0 Å². The van der Waals surface area contributed by atoms with Gasteiger partial charge in [0, 0.05) is 25.0 Å². The fourth-order valence-electron chi connectivity index (χ4n) is 1.08. The Kier molecular flexibility index (Phi) is 3.65. The average molecular weight is 217 g/mol. The molecule has 0 aliphatic carbocycles. The lowest BCUT2D eigenvalue weighted by Gasteiger charge is -2.10. The second-order valence-electron chi connectivity index (χ2n) is 3.32. The largest absolute Gasteiger partial charge is 0.308 e. The second kappa shape index (κ2) is 4.56. The molecule has 0 aliphatic rings. The van der Waals surface area contributed by atoms with Gasteiger partial charge in [-0.15, -0.1) is 0 Å². The van der Waals surface area contributed by atoms with E-state index in [1.54, 1.807) is 6.20 Å². The summed E-state index contributed by atoms with van der Waals surface area (Å²) in [6.07, 6.45) is 2.90. The van der Waals surface area contributed by atoms with Crippen molar-refractivity contribution in [3.8, 4) is 0 Å². The zero-order chi connectivity index (χ0) is 10.6. The third-order valence-corrected chi connectivity index (χ3v) is 2.86. The van der Waals surface area contributed by atoms with E-state index in [0.29, 0.717) is 6.54 Å². The van der Waals surface area contributed by atoms with Crippen LogP contribution in [0.4, 0.5) is 0 Å². The van der Waals surface area contributed by atoms with Crippen LogP contribution in [0.25, 0.3) is 0 Å². The summed E-state index contributed by atoms with van der Waals surface area (Å²) in [5.41, 5.74) is 0.957. The quantitative estimate of drug-likeness (QED) is 0.734. The summed E-state index contributed by atoms with van der Waals surface area (Å²) in [7, 11) is -2.88. The van der Waals surface area contributed by atoms with Crippen LogP contribution >= 0.6 is 0 Å². The monoisotopic (exact) mass is 217 g/mol. The van der Waals surface area contributed by atoms with Gasteiger partial charge in [0.05, 0.1) is 11.4 Å². The molecule has 0 fully saturated rings. The zero-order valence-corrected chi connectivity index (χ0v) is 9.13. The van der Waals surface area contributed by atoms with E-state index in [1.165, 1.54) is 6.26 Å². The van der Waals surface area contributed by atoms with Gasteiger partial charge in [0.2, 0.25) is 0 Å². The van der Waals surface area contributed by atoms with Crippen LogP contribution < -0.4 is 5.32 Å². The summed E-state index contributed by atoms with van der Waals surface area (Å²) >= 11 is 0. The molecule has 0 aliphatic heterocycles. The van der Waals surface area contributed by atoms with Gasteiger partial charge in [-0.3, -0.25) is 5.10 Å². The molecule has 0 spiro atoms. The Bertz CT molecular complexity index is 358. The van der Waals surface area contributed by atoms with Gasteiger partial charge in [-0.2, -0.15) is 5.10 Å². The summed E-state index contributed by atoms with van der Waals surface area (Å²) in [6.45, 7) is 2.41. The molecule has 0 aromatic carbocycles. The van der Waals surface area contributed by atoms with Crippen LogP contribution in [0, 0.1) is 0 Å². The highest BCUT2D eigenvalue weighted by Gasteiger charge is 2.07. The average Bonchev–Trinajstić information content (AvgIpc) is 2.53. The van der Waals surface area contributed by atoms with E-state index in [1.807, 2.05) is 13.0 Å². The normalized spacial score (nSPS) is 14.1. The van der Waals surface area contributed by atoms with Gasteiger partial charge in [0.25, 0.3) is 0 Å². The van der Waals surface area contributed by atoms with Gasteiger partial charge < -0.3 is 5.32 Å². The second-order valence-corrected chi connectivity index (χ2v) is 5.58. The van der Waals surface area contributed by atoms with Crippen LogP contribution in [0.3, 0.4) is 0 Å². The Morgan fingerprint density at radius 1 is 1.64 bits per heavy atom. The van der Waals surface area contributed by atoms with Crippen LogP contribution in [-0.2, 0) is 9.84 Å². The molecule has 0 saturated heterocycles. The third-order valence-electron chi connectivity index (χ3n) is 1.91. The lowest BCUT2D eigenvalue weighted by molar-refractivity contribution is 0.567. The first-order valence-corrected chi connectivity index (χ1v) is 6.45. The van der Waals surface area contributed by atoms with Gasteiger partial charge in [-0.1, -0.05) is 0 Å². The maximum Gasteiger partial charge on any atom is 0.148 e. The molecule has 0 bridgehead atoms. The molecule has 0 saturated carbocycles. The first kappa shape index (κ1) is 11.2. The molecule has 1 atom stereocenters. The summed E-state index contributed by atoms with van der Waals surface area (Å²) in [4.78, 5) is 0. The highest BCUT2D eigenvalue weighted by atomic mass is 32.2. The number of aromatic amines is 1. The van der Waals surface area contributed by atoms with Crippen molar-refractivity contribution in [1.29, 1.82) is 0 Å². The first-order chi connectivity index (χ1) is 6.49. The lowest BCUT2D eigenvalue weighted by Crippen LogP contribution is -2.25. The maximum absolute atomic E-state index is 10.8. The molecule has 1 heterocycles. The Morgan fingerprint density at radius 2 is 2.36 bits per heavy atom. The van der Waals surface area contributed by atoms with Crippen molar-refractivity contribution in [2.45, 2.75) is 13.0 Å².